The van der Waals surface area contributed by atoms with Crippen LogP contribution in [0.3, 0.4) is 0 Å². The van der Waals surface area contributed by atoms with Crippen LogP contribution < -0.4 is 5.32 Å². The first-order valence-corrected chi connectivity index (χ1v) is 12.0. The van der Waals surface area contributed by atoms with Crippen LogP contribution in [0.5, 0.6) is 0 Å². The number of anilines is 1. The second kappa shape index (κ2) is 10.4. The van der Waals surface area contributed by atoms with Crippen molar-refractivity contribution >= 4 is 51.8 Å². The number of hydrogen-bond donors (Lipinski definition) is 2. The summed E-state index contributed by atoms with van der Waals surface area (Å²) in [6.07, 6.45) is 3.06. The molecule has 2 unspecified atom stereocenters. The Labute approximate surface area is 200 Å². The quantitative estimate of drug-likeness (QED) is 0.396. The SMILES string of the molecule is O=C(O)CC1SC(c2ccc(F)cc2)N(CCCCNc2ccnc3cc(Cl)ccc23)C1=O. The summed E-state index contributed by atoms with van der Waals surface area (Å²) in [7, 11) is 0. The van der Waals surface area contributed by atoms with E-state index >= 15 is 0 Å². The number of amides is 1. The predicted octanol–water partition coefficient (Wildman–Crippen LogP) is 5.34. The Balaban J connectivity index is 1.37. The van der Waals surface area contributed by atoms with E-state index in [2.05, 4.69) is 10.3 Å². The van der Waals surface area contributed by atoms with Gasteiger partial charge in [0.1, 0.15) is 11.2 Å². The molecule has 2 heterocycles. The number of halogens is 2. The normalized spacial score (nSPS) is 18.1. The number of thioether (sulfide) groups is 1. The molecule has 0 radical (unpaired) electrons. The van der Waals surface area contributed by atoms with Gasteiger partial charge in [-0.2, -0.15) is 0 Å². The number of benzene rings is 2. The van der Waals surface area contributed by atoms with Crippen LogP contribution in [-0.2, 0) is 9.59 Å². The third-order valence-electron chi connectivity index (χ3n) is 5.50. The summed E-state index contributed by atoms with van der Waals surface area (Å²) in [6, 6.07) is 13.5. The lowest BCUT2D eigenvalue weighted by Gasteiger charge is -2.24. The van der Waals surface area contributed by atoms with Crippen molar-refractivity contribution in [2.75, 3.05) is 18.4 Å². The van der Waals surface area contributed by atoms with E-state index in [1.165, 1.54) is 23.9 Å². The highest BCUT2D eigenvalue weighted by atomic mass is 35.5. The van der Waals surface area contributed by atoms with Crippen LogP contribution in [0.2, 0.25) is 5.02 Å². The highest BCUT2D eigenvalue weighted by molar-refractivity contribution is 8.01. The molecule has 3 aromatic rings. The zero-order valence-electron chi connectivity index (χ0n) is 17.7. The smallest absolute Gasteiger partial charge is 0.305 e. The van der Waals surface area contributed by atoms with E-state index in [1.807, 2.05) is 24.3 Å². The van der Waals surface area contributed by atoms with Crippen LogP contribution >= 0.6 is 23.4 Å². The van der Waals surface area contributed by atoms with Gasteiger partial charge in [0.15, 0.2) is 0 Å². The molecule has 2 N–H and O–H groups in total. The summed E-state index contributed by atoms with van der Waals surface area (Å²) < 4.78 is 13.4. The molecule has 2 atom stereocenters. The third kappa shape index (κ3) is 5.57. The van der Waals surface area contributed by atoms with Gasteiger partial charge in [-0.15, -0.1) is 11.8 Å². The number of carboxylic acid groups (broad SMARTS) is 1. The second-order valence-electron chi connectivity index (χ2n) is 7.81. The van der Waals surface area contributed by atoms with Crippen molar-refractivity contribution in [1.29, 1.82) is 0 Å². The number of hydrogen-bond acceptors (Lipinski definition) is 5. The standard InChI is InChI=1S/C24H23ClFN3O3S/c25-16-5-8-18-19(9-11-28-20(18)13-16)27-10-1-2-12-29-23(32)21(14-22(30)31)33-24(29)15-3-6-17(26)7-4-15/h3-9,11,13,21,24H,1-2,10,12,14H2,(H,27,28)(H,30,31). The molecule has 33 heavy (non-hydrogen) atoms. The van der Waals surface area contributed by atoms with Crippen LogP contribution in [-0.4, -0.2) is 45.2 Å². The molecule has 172 valence electrons. The fourth-order valence-corrected chi connectivity index (χ4v) is 5.54. The monoisotopic (exact) mass is 487 g/mol. The molecule has 1 aromatic heterocycles. The first-order valence-electron chi connectivity index (χ1n) is 10.6. The van der Waals surface area contributed by atoms with Crippen LogP contribution in [0, 0.1) is 5.82 Å². The van der Waals surface area contributed by atoms with E-state index < -0.39 is 11.2 Å². The molecule has 1 amide bonds. The molecule has 1 aliphatic rings. The fraction of sp³-hybridized carbons (Fsp3) is 0.292. The number of aliphatic carboxylic acids is 1. The minimum atomic E-state index is -1.00. The van der Waals surface area contributed by atoms with Crippen LogP contribution in [0.25, 0.3) is 10.9 Å². The topological polar surface area (TPSA) is 82.5 Å². The lowest BCUT2D eigenvalue weighted by molar-refractivity contribution is -0.140. The minimum Gasteiger partial charge on any atom is -0.481 e. The number of fused-ring (bicyclic) bond motifs is 1. The van der Waals surface area contributed by atoms with Crippen LogP contribution in [0.1, 0.15) is 30.2 Å². The zero-order chi connectivity index (χ0) is 23.4. The Bertz CT molecular complexity index is 1160. The zero-order valence-corrected chi connectivity index (χ0v) is 19.3. The van der Waals surface area contributed by atoms with E-state index in [0.29, 0.717) is 18.1 Å². The number of nitrogens with one attached hydrogen (secondary N) is 1. The Kier molecular flexibility index (Phi) is 7.35. The largest absolute Gasteiger partial charge is 0.481 e. The van der Waals surface area contributed by atoms with Crippen LogP contribution in [0.4, 0.5) is 10.1 Å². The van der Waals surface area contributed by atoms with Gasteiger partial charge in [-0.05, 0) is 54.8 Å². The molecule has 0 saturated carbocycles. The summed E-state index contributed by atoms with van der Waals surface area (Å²) in [5.74, 6) is -1.53. The summed E-state index contributed by atoms with van der Waals surface area (Å²) in [4.78, 5) is 30.1. The van der Waals surface area contributed by atoms with Crippen molar-refractivity contribution in [1.82, 2.24) is 9.88 Å². The Morgan fingerprint density at radius 2 is 1.97 bits per heavy atom. The van der Waals surface area contributed by atoms with Crippen molar-refractivity contribution in [3.05, 3.63) is 71.1 Å². The average Bonchev–Trinajstić information content (AvgIpc) is 3.08. The first kappa shape index (κ1) is 23.3. The molecule has 0 aliphatic carbocycles. The van der Waals surface area contributed by atoms with Gasteiger partial charge >= 0.3 is 5.97 Å². The van der Waals surface area contributed by atoms with Crippen molar-refractivity contribution in [3.63, 3.8) is 0 Å². The molecule has 0 spiro atoms. The number of carboxylic acids is 1. The van der Waals surface area contributed by atoms with E-state index in [4.69, 9.17) is 16.7 Å². The molecule has 0 bridgehead atoms. The summed E-state index contributed by atoms with van der Waals surface area (Å²) >= 11 is 7.36. The Hall–Kier alpha value is -2.84. The lowest BCUT2D eigenvalue weighted by atomic mass is 10.1. The Morgan fingerprint density at radius 1 is 1.18 bits per heavy atom. The van der Waals surface area contributed by atoms with Crippen molar-refractivity contribution in [3.8, 4) is 0 Å². The maximum absolute atomic E-state index is 13.4. The molecule has 4 rings (SSSR count). The van der Waals surface area contributed by atoms with Gasteiger partial charge in [0, 0.05) is 35.4 Å². The maximum atomic E-state index is 13.4. The second-order valence-corrected chi connectivity index (χ2v) is 9.54. The molecule has 9 heteroatoms. The Morgan fingerprint density at radius 3 is 2.73 bits per heavy atom. The molecular weight excluding hydrogens is 465 g/mol. The van der Waals surface area contributed by atoms with Gasteiger partial charge in [0.05, 0.1) is 17.2 Å². The third-order valence-corrected chi connectivity index (χ3v) is 7.21. The van der Waals surface area contributed by atoms with E-state index in [0.717, 1.165) is 35.0 Å². The van der Waals surface area contributed by atoms with Gasteiger partial charge in [0.2, 0.25) is 5.91 Å². The molecule has 6 nitrogen and oxygen atoms in total. The molecular formula is C24H23ClFN3O3S. The maximum Gasteiger partial charge on any atom is 0.305 e. The van der Waals surface area contributed by atoms with E-state index in [9.17, 15) is 14.0 Å². The minimum absolute atomic E-state index is 0.179. The van der Waals surface area contributed by atoms with Crippen molar-refractivity contribution in [2.45, 2.75) is 29.9 Å². The molecule has 1 saturated heterocycles. The van der Waals surface area contributed by atoms with Gasteiger partial charge in [-0.25, -0.2) is 4.39 Å². The van der Waals surface area contributed by atoms with Gasteiger partial charge in [-0.3, -0.25) is 14.6 Å². The fourth-order valence-electron chi connectivity index (χ4n) is 3.90. The van der Waals surface area contributed by atoms with Crippen molar-refractivity contribution in [2.24, 2.45) is 0 Å². The van der Waals surface area contributed by atoms with E-state index in [1.54, 1.807) is 23.2 Å². The summed E-state index contributed by atoms with van der Waals surface area (Å²) in [6.45, 7) is 1.20. The number of carbonyl (C=O) groups is 2. The number of nitrogens with zero attached hydrogens (tertiary/aromatic N) is 2. The summed E-state index contributed by atoms with van der Waals surface area (Å²) in [5, 5.41) is 13.3. The van der Waals surface area contributed by atoms with Gasteiger partial charge in [-0.1, -0.05) is 23.7 Å². The number of rotatable bonds is 9. The number of carbonyl (C=O) groups excluding carboxylic acids is 1. The number of aromatic nitrogens is 1. The summed E-state index contributed by atoms with van der Waals surface area (Å²) in [5.41, 5.74) is 2.58. The number of pyridine rings is 1. The first-order chi connectivity index (χ1) is 15.9. The number of unbranched alkanes of at least 4 members (excludes halogenated alkanes) is 1. The predicted molar refractivity (Wildman–Crippen MR) is 129 cm³/mol. The molecule has 1 aliphatic heterocycles. The molecule has 2 aromatic carbocycles. The van der Waals surface area contributed by atoms with Crippen molar-refractivity contribution < 1.29 is 19.1 Å². The van der Waals surface area contributed by atoms with Gasteiger partial charge < -0.3 is 15.3 Å². The van der Waals surface area contributed by atoms with E-state index in [-0.39, 0.29) is 23.5 Å². The highest BCUT2D eigenvalue weighted by Gasteiger charge is 2.41. The van der Waals surface area contributed by atoms with Gasteiger partial charge in [0.25, 0.3) is 0 Å². The van der Waals surface area contributed by atoms with Crippen LogP contribution in [0.15, 0.2) is 54.7 Å². The average molecular weight is 488 g/mol. The molecule has 1 fully saturated rings. The highest BCUT2D eigenvalue weighted by Crippen LogP contribution is 2.44. The lowest BCUT2D eigenvalue weighted by Crippen LogP contribution is -2.33.